The fraction of sp³-hybridized carbons (Fsp3) is 0.0455. The van der Waals surface area contributed by atoms with Crippen molar-refractivity contribution in [3.05, 3.63) is 86.1 Å². The highest BCUT2D eigenvalue weighted by Crippen LogP contribution is 2.26. The standard InChI is InChI=1S/C6H5N3O.C6H4N2OS.C5H4N4O.C5H3N3O2/c10-6-5-4(1-2-7-5)8-3-9-6;9-4-1-2-7-6-5(4)8-3-10-6;10-5-4-3(1-8-9-4)6-2-7-5;9-4-3-5(7-1-6-4)10-2-8-3/h1-3,7H,(H,8,9,10);2-3H,1H2;1-2H,(H,8,9)(H,6,7,10);1-2H,(H,6,7,9). The molecule has 5 N–H and O–H groups in total. The number of oxazole rings is 1. The van der Waals surface area contributed by atoms with Crippen LogP contribution in [-0.4, -0.2) is 67.1 Å². The number of nitrogens with one attached hydrogen (secondary N) is 5. The summed E-state index contributed by atoms with van der Waals surface area (Å²) < 4.78 is 4.76. The number of H-pyrrole nitrogens is 5. The smallest absolute Gasteiger partial charge is 0.280 e. The van der Waals surface area contributed by atoms with Gasteiger partial charge in [-0.15, -0.1) is 11.3 Å². The summed E-state index contributed by atoms with van der Waals surface area (Å²) in [6, 6.07) is 1.75. The Bertz CT molecular complexity index is 1920. The molecular formula is C22H16N12O5S. The van der Waals surface area contributed by atoms with Crippen molar-refractivity contribution in [3.8, 4) is 0 Å². The van der Waals surface area contributed by atoms with E-state index in [2.05, 4.69) is 60.0 Å². The van der Waals surface area contributed by atoms with E-state index in [-0.39, 0.29) is 33.7 Å². The van der Waals surface area contributed by atoms with Crippen LogP contribution in [0.3, 0.4) is 0 Å². The average Bonchev–Trinajstić information content (AvgIpc) is 3.77. The summed E-state index contributed by atoms with van der Waals surface area (Å²) in [7, 11) is 0. The molecule has 0 unspecified atom stereocenters. The lowest BCUT2D eigenvalue weighted by Gasteiger charge is -1.98. The molecule has 8 rings (SSSR count). The first-order valence-electron chi connectivity index (χ1n) is 11.1. The Balaban J connectivity index is 0.000000108. The first-order chi connectivity index (χ1) is 19.5. The van der Waals surface area contributed by atoms with Crippen LogP contribution in [0.1, 0.15) is 16.9 Å². The molecule has 0 aromatic carbocycles. The number of rotatable bonds is 0. The lowest BCUT2D eigenvalue weighted by Crippen LogP contribution is -2.05. The molecule has 1 aliphatic heterocycles. The number of carbonyl (C=O) groups excluding carboxylic acids is 1. The molecule has 0 spiro atoms. The number of nitrogens with zero attached hydrogens (tertiary/aromatic N) is 7. The SMILES string of the molecule is O=C1CC=Nc2scnc21.O=c1[nH]cnc2cc[nH]c12.O=c1[nH]cnc2cn[nH]c12.O=c1[nH]cnc2ocnc12. The zero-order valence-electron chi connectivity index (χ0n) is 20.0. The van der Waals surface area contributed by atoms with Gasteiger partial charge >= 0.3 is 0 Å². The fourth-order valence-corrected chi connectivity index (χ4v) is 3.87. The van der Waals surface area contributed by atoms with Gasteiger partial charge in [0.25, 0.3) is 22.4 Å². The zero-order chi connectivity index (χ0) is 27.9. The summed E-state index contributed by atoms with van der Waals surface area (Å²) in [5.74, 6) is 0.0752. The first kappa shape index (κ1) is 25.7. The summed E-state index contributed by atoms with van der Waals surface area (Å²) in [6.07, 6.45) is 10.4. The predicted octanol–water partition coefficient (Wildman–Crippen LogP) is 1.24. The van der Waals surface area contributed by atoms with Crippen molar-refractivity contribution < 1.29 is 9.21 Å². The van der Waals surface area contributed by atoms with Gasteiger partial charge in [-0.2, -0.15) is 5.10 Å². The van der Waals surface area contributed by atoms with Crippen LogP contribution < -0.4 is 16.7 Å². The number of carbonyl (C=O) groups is 1. The van der Waals surface area contributed by atoms with E-state index >= 15 is 0 Å². The number of hydrogen-bond acceptors (Lipinski definition) is 13. The van der Waals surface area contributed by atoms with Crippen LogP contribution in [0.15, 0.2) is 73.1 Å². The van der Waals surface area contributed by atoms with Crippen LogP contribution in [0, 0.1) is 0 Å². The summed E-state index contributed by atoms with van der Waals surface area (Å²) in [5, 5.41) is 6.93. The Morgan fingerprint density at radius 3 is 2.30 bits per heavy atom. The number of Topliss-reactive ketones (excluding diaryl/α,β-unsaturated/α-hetero) is 1. The molecule has 7 aromatic heterocycles. The van der Waals surface area contributed by atoms with E-state index < -0.39 is 0 Å². The molecule has 0 fully saturated rings. The van der Waals surface area contributed by atoms with E-state index in [9.17, 15) is 19.2 Å². The van der Waals surface area contributed by atoms with E-state index in [1.807, 2.05) is 0 Å². The number of ketones is 1. The Kier molecular flexibility index (Phi) is 7.49. The molecule has 1 aliphatic rings. The lowest BCUT2D eigenvalue weighted by atomic mass is 10.2. The number of fused-ring (bicyclic) bond motifs is 4. The number of aliphatic imine (C=N–C) groups is 1. The van der Waals surface area contributed by atoms with E-state index in [0.717, 1.165) is 5.00 Å². The number of aromatic amines is 5. The highest BCUT2D eigenvalue weighted by Gasteiger charge is 2.16. The van der Waals surface area contributed by atoms with E-state index in [1.165, 1.54) is 42.9 Å². The lowest BCUT2D eigenvalue weighted by molar-refractivity contribution is 0.0997. The van der Waals surface area contributed by atoms with E-state index in [1.54, 1.807) is 24.0 Å². The maximum Gasteiger partial charge on any atom is 0.280 e. The van der Waals surface area contributed by atoms with Crippen molar-refractivity contribution >= 4 is 61.6 Å². The van der Waals surface area contributed by atoms with Gasteiger partial charge in [0, 0.05) is 18.8 Å². The number of thiazole rings is 1. The molecule has 8 heterocycles. The van der Waals surface area contributed by atoms with Crippen LogP contribution in [0.2, 0.25) is 0 Å². The molecule has 7 aromatic rings. The van der Waals surface area contributed by atoms with Gasteiger partial charge in [-0.05, 0) is 6.07 Å². The second kappa shape index (κ2) is 11.6. The monoisotopic (exact) mass is 560 g/mol. The Labute approximate surface area is 223 Å². The topological polar surface area (TPSA) is 250 Å². The van der Waals surface area contributed by atoms with Crippen molar-refractivity contribution in [1.82, 2.24) is 55.1 Å². The number of hydrogen-bond donors (Lipinski definition) is 5. The average molecular weight is 561 g/mol. The predicted molar refractivity (Wildman–Crippen MR) is 143 cm³/mol. The van der Waals surface area contributed by atoms with Gasteiger partial charge < -0.3 is 24.4 Å². The van der Waals surface area contributed by atoms with Crippen LogP contribution in [0.25, 0.3) is 33.3 Å². The molecule has 0 bridgehead atoms. The summed E-state index contributed by atoms with van der Waals surface area (Å²) in [5.41, 5.74) is 4.32. The first-order valence-corrected chi connectivity index (χ1v) is 12.0. The zero-order valence-corrected chi connectivity index (χ0v) is 20.8. The molecule has 0 radical (unpaired) electrons. The largest absolute Gasteiger partial charge is 0.425 e. The van der Waals surface area contributed by atoms with Crippen molar-refractivity contribution in [2.24, 2.45) is 4.99 Å². The van der Waals surface area contributed by atoms with Gasteiger partial charge in [0.2, 0.25) is 0 Å². The Morgan fingerprint density at radius 2 is 1.55 bits per heavy atom. The third kappa shape index (κ3) is 5.65. The van der Waals surface area contributed by atoms with Gasteiger partial charge in [-0.25, -0.2) is 29.9 Å². The number of aromatic nitrogens is 11. The molecule has 0 atom stereocenters. The quantitative estimate of drug-likeness (QED) is 0.176. The molecule has 40 heavy (non-hydrogen) atoms. The highest BCUT2D eigenvalue weighted by atomic mass is 32.1. The molecule has 0 amide bonds. The second-order valence-corrected chi connectivity index (χ2v) is 8.35. The van der Waals surface area contributed by atoms with Crippen molar-refractivity contribution in [2.45, 2.75) is 6.42 Å². The maximum atomic E-state index is 11.0. The summed E-state index contributed by atoms with van der Waals surface area (Å²) in [4.78, 5) is 76.7. The third-order valence-electron chi connectivity index (χ3n) is 5.04. The minimum absolute atomic E-state index is 0.0752. The fourth-order valence-electron chi connectivity index (χ4n) is 3.20. The van der Waals surface area contributed by atoms with Gasteiger partial charge in [-0.1, -0.05) is 0 Å². The summed E-state index contributed by atoms with van der Waals surface area (Å²) in [6.45, 7) is 0. The van der Waals surface area contributed by atoms with E-state index in [4.69, 9.17) is 4.42 Å². The second-order valence-electron chi connectivity index (χ2n) is 7.51. The summed E-state index contributed by atoms with van der Waals surface area (Å²) >= 11 is 1.40. The van der Waals surface area contributed by atoms with E-state index in [0.29, 0.717) is 34.2 Å². The Hall–Kier alpha value is -5.91. The van der Waals surface area contributed by atoms with Gasteiger partial charge in [-0.3, -0.25) is 24.3 Å². The molecular weight excluding hydrogens is 544 g/mol. The minimum Gasteiger partial charge on any atom is -0.425 e. The molecule has 0 saturated heterocycles. The van der Waals surface area contributed by atoms with Crippen LogP contribution in [0.5, 0.6) is 0 Å². The van der Waals surface area contributed by atoms with Crippen LogP contribution in [0.4, 0.5) is 5.00 Å². The highest BCUT2D eigenvalue weighted by molar-refractivity contribution is 7.14. The molecule has 200 valence electrons. The van der Waals surface area contributed by atoms with Crippen molar-refractivity contribution in [1.29, 1.82) is 0 Å². The minimum atomic E-state index is -0.279. The van der Waals surface area contributed by atoms with Gasteiger partial charge in [0.05, 0.1) is 36.2 Å². The molecule has 0 aliphatic carbocycles. The molecule has 18 heteroatoms. The third-order valence-corrected chi connectivity index (χ3v) is 5.77. The molecule has 0 saturated carbocycles. The van der Waals surface area contributed by atoms with Crippen LogP contribution >= 0.6 is 11.3 Å². The van der Waals surface area contributed by atoms with Crippen LogP contribution in [-0.2, 0) is 0 Å². The van der Waals surface area contributed by atoms with Crippen molar-refractivity contribution in [3.63, 3.8) is 0 Å². The van der Waals surface area contributed by atoms with Gasteiger partial charge in [0.15, 0.2) is 17.7 Å². The maximum absolute atomic E-state index is 11.0. The van der Waals surface area contributed by atoms with Gasteiger partial charge in [0.1, 0.15) is 27.2 Å². The van der Waals surface area contributed by atoms with Crippen molar-refractivity contribution in [2.75, 3.05) is 0 Å². The normalized spacial score (nSPS) is 11.7. The Morgan fingerprint density at radius 1 is 0.800 bits per heavy atom. The molecule has 17 nitrogen and oxygen atoms in total.